The molecule has 0 amide bonds. The van der Waals surface area contributed by atoms with Gasteiger partial charge in [0.25, 0.3) is 0 Å². The zero-order chi connectivity index (χ0) is 13.1. The number of nitrogens with one attached hydrogen (secondary N) is 2. The summed E-state index contributed by atoms with van der Waals surface area (Å²) < 4.78 is 0. The first-order valence-corrected chi connectivity index (χ1v) is 6.43. The van der Waals surface area contributed by atoms with Crippen LogP contribution in [0.5, 0.6) is 0 Å². The van der Waals surface area contributed by atoms with E-state index in [1.165, 1.54) is 0 Å². The maximum absolute atomic E-state index is 11.8. The van der Waals surface area contributed by atoms with E-state index in [2.05, 4.69) is 20.2 Å². The SMILES string of the molecule is O=c1cc(-c2cccnc2)cc(N2CCNCC2)[nH]1. The first-order chi connectivity index (χ1) is 9.33. The number of nitrogens with zero attached hydrogens (tertiary/aromatic N) is 2. The fourth-order valence-corrected chi connectivity index (χ4v) is 2.30. The molecule has 1 aliphatic rings. The summed E-state index contributed by atoms with van der Waals surface area (Å²) in [6.07, 6.45) is 3.50. The monoisotopic (exact) mass is 256 g/mol. The van der Waals surface area contributed by atoms with E-state index in [0.29, 0.717) is 0 Å². The predicted molar refractivity (Wildman–Crippen MR) is 75.4 cm³/mol. The van der Waals surface area contributed by atoms with Gasteiger partial charge in [-0.2, -0.15) is 0 Å². The van der Waals surface area contributed by atoms with Gasteiger partial charge in [0.05, 0.1) is 0 Å². The molecule has 3 heterocycles. The van der Waals surface area contributed by atoms with Crippen LogP contribution in [-0.4, -0.2) is 36.1 Å². The van der Waals surface area contributed by atoms with Crippen LogP contribution in [0.4, 0.5) is 5.82 Å². The van der Waals surface area contributed by atoms with Gasteiger partial charge in [-0.05, 0) is 17.7 Å². The molecule has 1 saturated heterocycles. The lowest BCUT2D eigenvalue weighted by Crippen LogP contribution is -2.44. The molecule has 0 aliphatic carbocycles. The Hall–Kier alpha value is -2.14. The van der Waals surface area contributed by atoms with Crippen molar-refractivity contribution in [1.82, 2.24) is 15.3 Å². The van der Waals surface area contributed by atoms with Crippen LogP contribution in [0.3, 0.4) is 0 Å². The molecule has 5 heteroatoms. The second kappa shape index (κ2) is 5.24. The van der Waals surface area contributed by atoms with Crippen molar-refractivity contribution in [1.29, 1.82) is 0 Å². The Morgan fingerprint density at radius 1 is 1.16 bits per heavy atom. The van der Waals surface area contributed by atoms with E-state index in [9.17, 15) is 4.79 Å². The van der Waals surface area contributed by atoms with Crippen LogP contribution in [-0.2, 0) is 0 Å². The summed E-state index contributed by atoms with van der Waals surface area (Å²) >= 11 is 0. The number of rotatable bonds is 2. The minimum atomic E-state index is -0.0742. The zero-order valence-corrected chi connectivity index (χ0v) is 10.6. The lowest BCUT2D eigenvalue weighted by atomic mass is 10.1. The standard InChI is InChI=1S/C14H16N4O/c19-14-9-12(11-2-1-3-16-10-11)8-13(17-14)18-6-4-15-5-7-18/h1-3,8-10,15H,4-7H2,(H,17,19). The summed E-state index contributed by atoms with van der Waals surface area (Å²) in [6.45, 7) is 3.71. The van der Waals surface area contributed by atoms with Crippen molar-refractivity contribution < 1.29 is 0 Å². The van der Waals surface area contributed by atoms with Gasteiger partial charge >= 0.3 is 0 Å². The molecule has 2 aromatic rings. The Balaban J connectivity index is 1.98. The highest BCUT2D eigenvalue weighted by Gasteiger charge is 2.12. The quantitative estimate of drug-likeness (QED) is 0.836. The zero-order valence-electron chi connectivity index (χ0n) is 10.6. The fraction of sp³-hybridized carbons (Fsp3) is 0.286. The van der Waals surface area contributed by atoms with Gasteiger partial charge in [0.2, 0.25) is 5.56 Å². The van der Waals surface area contributed by atoms with Gasteiger partial charge in [0.1, 0.15) is 5.82 Å². The van der Waals surface area contributed by atoms with Crippen molar-refractivity contribution in [3.05, 3.63) is 47.0 Å². The van der Waals surface area contributed by atoms with E-state index >= 15 is 0 Å². The van der Waals surface area contributed by atoms with E-state index in [0.717, 1.165) is 43.1 Å². The van der Waals surface area contributed by atoms with Gasteiger partial charge < -0.3 is 15.2 Å². The lowest BCUT2D eigenvalue weighted by Gasteiger charge is -2.29. The first-order valence-electron chi connectivity index (χ1n) is 6.43. The Labute approximate surface area is 111 Å². The first kappa shape index (κ1) is 11.9. The van der Waals surface area contributed by atoms with Gasteiger partial charge in [-0.1, -0.05) is 6.07 Å². The van der Waals surface area contributed by atoms with E-state index in [1.807, 2.05) is 18.2 Å². The van der Waals surface area contributed by atoms with Crippen molar-refractivity contribution >= 4 is 5.82 Å². The summed E-state index contributed by atoms with van der Waals surface area (Å²) in [5, 5.41) is 3.30. The number of aromatic nitrogens is 2. The van der Waals surface area contributed by atoms with Gasteiger partial charge in [0.15, 0.2) is 0 Å². The predicted octanol–water partition coefficient (Wildman–Crippen LogP) is 0.846. The Morgan fingerprint density at radius 2 is 2.00 bits per heavy atom. The van der Waals surface area contributed by atoms with E-state index < -0.39 is 0 Å². The van der Waals surface area contributed by atoms with Crippen LogP contribution < -0.4 is 15.8 Å². The van der Waals surface area contributed by atoms with Crippen LogP contribution in [0, 0.1) is 0 Å². The largest absolute Gasteiger partial charge is 0.356 e. The third kappa shape index (κ3) is 2.66. The molecule has 0 atom stereocenters. The molecular weight excluding hydrogens is 240 g/mol. The Bertz CT molecular complexity index is 602. The van der Waals surface area contributed by atoms with Crippen LogP contribution in [0.25, 0.3) is 11.1 Å². The van der Waals surface area contributed by atoms with Crippen LogP contribution in [0.2, 0.25) is 0 Å². The second-order valence-electron chi connectivity index (χ2n) is 4.60. The number of aromatic amines is 1. The van der Waals surface area contributed by atoms with Crippen LogP contribution >= 0.6 is 0 Å². The third-order valence-corrected chi connectivity index (χ3v) is 3.28. The smallest absolute Gasteiger partial charge is 0.250 e. The molecule has 0 radical (unpaired) electrons. The summed E-state index contributed by atoms with van der Waals surface area (Å²) in [7, 11) is 0. The molecule has 0 unspecified atom stereocenters. The number of hydrogen-bond donors (Lipinski definition) is 2. The highest BCUT2D eigenvalue weighted by Crippen LogP contribution is 2.20. The molecule has 19 heavy (non-hydrogen) atoms. The summed E-state index contributed by atoms with van der Waals surface area (Å²) in [5.74, 6) is 0.882. The molecule has 0 spiro atoms. The molecule has 3 rings (SSSR count). The van der Waals surface area contributed by atoms with Gasteiger partial charge in [-0.25, -0.2) is 0 Å². The minimum Gasteiger partial charge on any atom is -0.356 e. The highest BCUT2D eigenvalue weighted by atomic mass is 16.1. The van der Waals surface area contributed by atoms with Crippen LogP contribution in [0.1, 0.15) is 0 Å². The molecule has 0 bridgehead atoms. The Morgan fingerprint density at radius 3 is 2.74 bits per heavy atom. The van der Waals surface area contributed by atoms with Crippen molar-refractivity contribution in [3.8, 4) is 11.1 Å². The number of hydrogen-bond acceptors (Lipinski definition) is 4. The molecule has 1 aliphatic heterocycles. The lowest BCUT2D eigenvalue weighted by molar-refractivity contribution is 0.584. The summed E-state index contributed by atoms with van der Waals surface area (Å²) in [5.41, 5.74) is 1.80. The van der Waals surface area contributed by atoms with Crippen LogP contribution in [0.15, 0.2) is 41.5 Å². The third-order valence-electron chi connectivity index (χ3n) is 3.28. The van der Waals surface area contributed by atoms with E-state index in [1.54, 1.807) is 18.5 Å². The normalized spacial score (nSPS) is 15.5. The van der Waals surface area contributed by atoms with Gasteiger partial charge in [-0.3, -0.25) is 9.78 Å². The highest BCUT2D eigenvalue weighted by molar-refractivity contribution is 5.65. The maximum Gasteiger partial charge on any atom is 0.250 e. The molecular formula is C14H16N4O. The van der Waals surface area contributed by atoms with Crippen molar-refractivity contribution in [3.63, 3.8) is 0 Å². The van der Waals surface area contributed by atoms with Gasteiger partial charge in [0, 0.05) is 50.2 Å². The fourth-order valence-electron chi connectivity index (χ4n) is 2.30. The number of anilines is 1. The Kier molecular flexibility index (Phi) is 3.29. The van der Waals surface area contributed by atoms with E-state index in [-0.39, 0.29) is 5.56 Å². The average Bonchev–Trinajstić information content (AvgIpc) is 2.48. The van der Waals surface area contributed by atoms with Crippen molar-refractivity contribution in [2.24, 2.45) is 0 Å². The number of pyridine rings is 2. The summed E-state index contributed by atoms with van der Waals surface area (Å²) in [6, 6.07) is 7.47. The van der Waals surface area contributed by atoms with Crippen molar-refractivity contribution in [2.45, 2.75) is 0 Å². The molecule has 2 N–H and O–H groups in total. The number of H-pyrrole nitrogens is 1. The molecule has 2 aromatic heterocycles. The topological polar surface area (TPSA) is 61.0 Å². The minimum absolute atomic E-state index is 0.0742. The molecule has 0 aromatic carbocycles. The average molecular weight is 256 g/mol. The second-order valence-corrected chi connectivity index (χ2v) is 4.60. The molecule has 5 nitrogen and oxygen atoms in total. The van der Waals surface area contributed by atoms with Crippen molar-refractivity contribution in [2.75, 3.05) is 31.1 Å². The molecule has 98 valence electrons. The maximum atomic E-state index is 11.8. The molecule has 0 saturated carbocycles. The number of piperazine rings is 1. The summed E-state index contributed by atoms with van der Waals surface area (Å²) in [4.78, 5) is 21.0. The molecule has 1 fully saturated rings. The van der Waals surface area contributed by atoms with E-state index in [4.69, 9.17) is 0 Å². The van der Waals surface area contributed by atoms with Gasteiger partial charge in [-0.15, -0.1) is 0 Å².